The first-order valence-corrected chi connectivity index (χ1v) is 6.65. The first-order valence-electron chi connectivity index (χ1n) is 6.25. The fourth-order valence-corrected chi connectivity index (χ4v) is 3.07. The van der Waals surface area contributed by atoms with Gasteiger partial charge in [-0.3, -0.25) is 0 Å². The molecule has 2 unspecified atom stereocenters. The Balaban J connectivity index is 2.17. The molecule has 1 aliphatic rings. The Morgan fingerprint density at radius 2 is 2.26 bits per heavy atom. The highest BCUT2D eigenvalue weighted by molar-refractivity contribution is 7.71. The molecule has 102 valence electrons. The molecule has 1 fully saturated rings. The number of halogens is 2. The Morgan fingerprint density at radius 1 is 1.47 bits per heavy atom. The van der Waals surface area contributed by atoms with Crippen molar-refractivity contribution in [3.8, 4) is 0 Å². The number of H-pyrrole nitrogens is 1. The lowest BCUT2D eigenvalue weighted by atomic mass is 10.0. The number of hydrogen-bond donors (Lipinski definition) is 1. The molecule has 0 aliphatic carbocycles. The molecular formula is C13H14F2N2OS. The Kier molecular flexibility index (Phi) is 3.14. The van der Waals surface area contributed by atoms with Crippen LogP contribution in [0.4, 0.5) is 8.78 Å². The number of aromatic amines is 1. The molecule has 1 aromatic carbocycles. The van der Waals surface area contributed by atoms with Gasteiger partial charge in [0.05, 0.1) is 12.1 Å². The van der Waals surface area contributed by atoms with Crippen LogP contribution in [0.3, 0.4) is 0 Å². The van der Waals surface area contributed by atoms with Gasteiger partial charge in [0.25, 0.3) is 0 Å². The lowest BCUT2D eigenvalue weighted by molar-refractivity contribution is 0.175. The number of imidazole rings is 1. The zero-order valence-electron chi connectivity index (χ0n) is 10.5. The summed E-state index contributed by atoms with van der Waals surface area (Å²) in [4.78, 5) is 2.82. The standard InChI is InChI=1S/C13H14F2N2OS/c1-7(8-2-3-18-6-8)17-11-5-9(14)4-10(15)12(11)16-13(17)19/h4-5,7-8H,2-3,6H2,1H3,(H,16,19). The van der Waals surface area contributed by atoms with Crippen LogP contribution in [0, 0.1) is 22.3 Å². The normalized spacial score (nSPS) is 21.1. The molecule has 1 N–H and O–H groups in total. The number of fused-ring (bicyclic) bond motifs is 1. The van der Waals surface area contributed by atoms with Gasteiger partial charge in [0.1, 0.15) is 11.3 Å². The predicted molar refractivity (Wildman–Crippen MR) is 70.7 cm³/mol. The molecule has 0 amide bonds. The van der Waals surface area contributed by atoms with Gasteiger partial charge in [-0.05, 0) is 31.6 Å². The SMILES string of the molecule is CC(C1CCOC1)n1c(=S)[nH]c2c(F)cc(F)cc21. The average molecular weight is 284 g/mol. The van der Waals surface area contributed by atoms with Crippen molar-refractivity contribution in [2.75, 3.05) is 13.2 Å². The van der Waals surface area contributed by atoms with Crippen molar-refractivity contribution in [1.82, 2.24) is 9.55 Å². The highest BCUT2D eigenvalue weighted by Gasteiger charge is 2.26. The molecule has 19 heavy (non-hydrogen) atoms. The Bertz CT molecular complexity index is 673. The summed E-state index contributed by atoms with van der Waals surface area (Å²) in [6, 6.07) is 2.23. The molecule has 2 heterocycles. The largest absolute Gasteiger partial charge is 0.381 e. The van der Waals surface area contributed by atoms with E-state index in [2.05, 4.69) is 4.98 Å². The van der Waals surface area contributed by atoms with Gasteiger partial charge in [-0.25, -0.2) is 8.78 Å². The lowest BCUT2D eigenvalue weighted by Crippen LogP contribution is -2.17. The number of hydrogen-bond acceptors (Lipinski definition) is 2. The number of aromatic nitrogens is 2. The van der Waals surface area contributed by atoms with E-state index in [1.165, 1.54) is 6.07 Å². The van der Waals surface area contributed by atoms with E-state index in [9.17, 15) is 8.78 Å². The van der Waals surface area contributed by atoms with Crippen molar-refractivity contribution in [2.45, 2.75) is 19.4 Å². The first kappa shape index (κ1) is 12.7. The van der Waals surface area contributed by atoms with E-state index in [4.69, 9.17) is 17.0 Å². The summed E-state index contributed by atoms with van der Waals surface area (Å²) >= 11 is 5.25. The minimum absolute atomic E-state index is 0.0462. The van der Waals surface area contributed by atoms with E-state index in [-0.39, 0.29) is 11.6 Å². The third-order valence-electron chi connectivity index (χ3n) is 3.80. The zero-order valence-corrected chi connectivity index (χ0v) is 11.3. The zero-order chi connectivity index (χ0) is 13.6. The van der Waals surface area contributed by atoms with Crippen LogP contribution in [-0.2, 0) is 4.74 Å². The van der Waals surface area contributed by atoms with E-state index in [0.717, 1.165) is 19.1 Å². The van der Waals surface area contributed by atoms with Gasteiger partial charge in [0.2, 0.25) is 0 Å². The molecule has 1 saturated heterocycles. The summed E-state index contributed by atoms with van der Waals surface area (Å²) < 4.78 is 34.7. The van der Waals surface area contributed by atoms with Crippen LogP contribution in [0.1, 0.15) is 19.4 Å². The Labute approximate surface area is 114 Å². The maximum absolute atomic E-state index is 13.7. The minimum atomic E-state index is -0.616. The summed E-state index contributed by atoms with van der Waals surface area (Å²) in [5, 5.41) is 0. The van der Waals surface area contributed by atoms with E-state index >= 15 is 0 Å². The maximum atomic E-state index is 13.7. The van der Waals surface area contributed by atoms with E-state index in [0.29, 0.717) is 22.8 Å². The molecule has 2 atom stereocenters. The first-order chi connectivity index (χ1) is 9.08. The fourth-order valence-electron chi connectivity index (χ4n) is 2.70. The second-order valence-electron chi connectivity index (χ2n) is 4.95. The average Bonchev–Trinajstić information content (AvgIpc) is 2.95. The van der Waals surface area contributed by atoms with Crippen molar-refractivity contribution in [2.24, 2.45) is 5.92 Å². The summed E-state index contributed by atoms with van der Waals surface area (Å²) in [5.41, 5.74) is 0.735. The van der Waals surface area contributed by atoms with Crippen LogP contribution < -0.4 is 0 Å². The molecule has 0 bridgehead atoms. The summed E-state index contributed by atoms with van der Waals surface area (Å²) in [6.45, 7) is 3.39. The Morgan fingerprint density at radius 3 is 2.95 bits per heavy atom. The number of nitrogens with one attached hydrogen (secondary N) is 1. The maximum Gasteiger partial charge on any atom is 0.178 e. The Hall–Kier alpha value is -1.27. The second-order valence-corrected chi connectivity index (χ2v) is 5.33. The molecular weight excluding hydrogens is 270 g/mol. The number of benzene rings is 1. The predicted octanol–water partition coefficient (Wildman–Crippen LogP) is 3.57. The molecule has 1 aliphatic heterocycles. The van der Waals surface area contributed by atoms with Crippen molar-refractivity contribution in [3.63, 3.8) is 0 Å². The van der Waals surface area contributed by atoms with E-state index in [1.54, 1.807) is 4.57 Å². The van der Waals surface area contributed by atoms with Gasteiger partial charge in [-0.2, -0.15) is 0 Å². The monoisotopic (exact) mass is 284 g/mol. The quantitative estimate of drug-likeness (QED) is 0.854. The molecule has 2 aromatic rings. The molecule has 1 aromatic heterocycles. The summed E-state index contributed by atoms with van der Waals surface area (Å²) in [7, 11) is 0. The molecule has 3 nitrogen and oxygen atoms in total. The summed E-state index contributed by atoms with van der Waals surface area (Å²) in [5.74, 6) is -0.894. The van der Waals surface area contributed by atoms with Crippen molar-refractivity contribution < 1.29 is 13.5 Å². The third-order valence-corrected chi connectivity index (χ3v) is 4.10. The van der Waals surface area contributed by atoms with Gasteiger partial charge in [0, 0.05) is 24.6 Å². The van der Waals surface area contributed by atoms with Crippen molar-refractivity contribution >= 4 is 23.3 Å². The number of nitrogens with zero attached hydrogens (tertiary/aromatic N) is 1. The van der Waals surface area contributed by atoms with Crippen LogP contribution in [0.15, 0.2) is 12.1 Å². The lowest BCUT2D eigenvalue weighted by Gasteiger charge is -2.20. The van der Waals surface area contributed by atoms with Crippen LogP contribution in [0.25, 0.3) is 11.0 Å². The highest BCUT2D eigenvalue weighted by Crippen LogP contribution is 2.30. The van der Waals surface area contributed by atoms with E-state index < -0.39 is 11.6 Å². The van der Waals surface area contributed by atoms with Crippen LogP contribution in [-0.4, -0.2) is 22.8 Å². The minimum Gasteiger partial charge on any atom is -0.381 e. The van der Waals surface area contributed by atoms with Gasteiger partial charge >= 0.3 is 0 Å². The van der Waals surface area contributed by atoms with Gasteiger partial charge in [0.15, 0.2) is 10.6 Å². The van der Waals surface area contributed by atoms with Gasteiger partial charge in [-0.15, -0.1) is 0 Å². The van der Waals surface area contributed by atoms with Gasteiger partial charge < -0.3 is 14.3 Å². The van der Waals surface area contributed by atoms with Gasteiger partial charge in [-0.1, -0.05) is 0 Å². The van der Waals surface area contributed by atoms with E-state index in [1.807, 2.05) is 6.92 Å². The second kappa shape index (κ2) is 4.68. The molecule has 0 spiro atoms. The fraction of sp³-hybridized carbons (Fsp3) is 0.462. The summed E-state index contributed by atoms with van der Waals surface area (Å²) in [6.07, 6.45) is 0.938. The third kappa shape index (κ3) is 2.08. The number of rotatable bonds is 2. The molecule has 0 saturated carbocycles. The molecule has 3 rings (SSSR count). The molecule has 0 radical (unpaired) electrons. The number of ether oxygens (including phenoxy) is 1. The molecule has 6 heteroatoms. The van der Waals surface area contributed by atoms with Crippen LogP contribution in [0.5, 0.6) is 0 Å². The van der Waals surface area contributed by atoms with Crippen molar-refractivity contribution in [1.29, 1.82) is 0 Å². The van der Waals surface area contributed by atoms with Crippen LogP contribution >= 0.6 is 12.2 Å². The van der Waals surface area contributed by atoms with Crippen molar-refractivity contribution in [3.05, 3.63) is 28.5 Å². The smallest absolute Gasteiger partial charge is 0.178 e. The van der Waals surface area contributed by atoms with Crippen LogP contribution in [0.2, 0.25) is 0 Å². The highest BCUT2D eigenvalue weighted by atomic mass is 32.1. The topological polar surface area (TPSA) is 29.9 Å².